The van der Waals surface area contributed by atoms with Crippen LogP contribution in [0, 0.1) is 11.3 Å². The normalized spacial score (nSPS) is 11.3. The second kappa shape index (κ2) is 4.94. The first-order chi connectivity index (χ1) is 8.21. The van der Waals surface area contributed by atoms with E-state index in [0.717, 1.165) is 16.4 Å². The number of carbonyl (C=O) groups is 1. The Balaban J connectivity index is 3.65. The molecule has 18 heavy (non-hydrogen) atoms. The number of sulfonamides is 1. The van der Waals surface area contributed by atoms with Crippen LogP contribution in [0.4, 0.5) is 0 Å². The van der Waals surface area contributed by atoms with Crippen LogP contribution >= 0.6 is 11.6 Å². The third-order valence-corrected chi connectivity index (χ3v) is 4.46. The lowest BCUT2D eigenvalue weighted by molar-refractivity contribution is 0.0696. The summed E-state index contributed by atoms with van der Waals surface area (Å²) in [7, 11) is -1.27. The number of halogens is 1. The van der Waals surface area contributed by atoms with E-state index in [1.165, 1.54) is 14.1 Å². The van der Waals surface area contributed by atoms with E-state index < -0.39 is 21.6 Å². The molecule has 0 amide bonds. The third kappa shape index (κ3) is 2.46. The van der Waals surface area contributed by atoms with Gasteiger partial charge >= 0.3 is 5.97 Å². The van der Waals surface area contributed by atoms with Gasteiger partial charge in [0, 0.05) is 14.1 Å². The number of benzene rings is 1. The van der Waals surface area contributed by atoms with Gasteiger partial charge in [-0.05, 0) is 12.1 Å². The molecule has 0 bridgehead atoms. The van der Waals surface area contributed by atoms with Gasteiger partial charge in [0.2, 0.25) is 10.0 Å². The van der Waals surface area contributed by atoms with Crippen molar-refractivity contribution < 1.29 is 18.3 Å². The van der Waals surface area contributed by atoms with Crippen molar-refractivity contribution in [2.75, 3.05) is 14.1 Å². The summed E-state index contributed by atoms with van der Waals surface area (Å²) in [5, 5.41) is 17.5. The zero-order valence-corrected chi connectivity index (χ0v) is 11.1. The fraction of sp³-hybridized carbons (Fsp3) is 0.200. The topological polar surface area (TPSA) is 98.5 Å². The first kappa shape index (κ1) is 14.4. The Hall–Kier alpha value is -1.62. The molecular formula is C10H9ClN2O4S. The lowest BCUT2D eigenvalue weighted by Crippen LogP contribution is -2.23. The first-order valence-corrected chi connectivity index (χ1v) is 6.43. The maximum Gasteiger partial charge on any atom is 0.337 e. The van der Waals surface area contributed by atoms with E-state index in [2.05, 4.69) is 0 Å². The van der Waals surface area contributed by atoms with Gasteiger partial charge in [0.05, 0.1) is 16.1 Å². The summed E-state index contributed by atoms with van der Waals surface area (Å²) in [6, 6.07) is 3.57. The Bertz CT molecular complexity index is 647. The molecule has 1 aromatic carbocycles. The number of nitriles is 1. The van der Waals surface area contributed by atoms with Crippen molar-refractivity contribution in [3.63, 3.8) is 0 Å². The summed E-state index contributed by atoms with van der Waals surface area (Å²) < 4.78 is 24.7. The molecule has 1 N–H and O–H groups in total. The maximum atomic E-state index is 11.9. The lowest BCUT2D eigenvalue weighted by Gasteiger charge is -2.13. The van der Waals surface area contributed by atoms with Gasteiger partial charge in [-0.15, -0.1) is 0 Å². The molecule has 0 aliphatic heterocycles. The second-order valence-corrected chi connectivity index (χ2v) is 6.06. The molecule has 8 heteroatoms. The summed E-state index contributed by atoms with van der Waals surface area (Å²) in [4.78, 5) is 10.6. The van der Waals surface area contributed by atoms with E-state index in [0.29, 0.717) is 0 Å². The highest BCUT2D eigenvalue weighted by Crippen LogP contribution is 2.27. The zero-order chi connectivity index (χ0) is 14.1. The Kier molecular flexibility index (Phi) is 3.96. The highest BCUT2D eigenvalue weighted by atomic mass is 35.5. The molecule has 0 heterocycles. The van der Waals surface area contributed by atoms with Crippen molar-refractivity contribution in [2.45, 2.75) is 4.90 Å². The molecule has 1 rings (SSSR count). The van der Waals surface area contributed by atoms with Gasteiger partial charge in [0.15, 0.2) is 0 Å². The van der Waals surface area contributed by atoms with E-state index >= 15 is 0 Å². The Morgan fingerprint density at radius 3 is 2.39 bits per heavy atom. The smallest absolute Gasteiger partial charge is 0.337 e. The molecule has 0 fully saturated rings. The van der Waals surface area contributed by atoms with Crippen LogP contribution in [-0.2, 0) is 10.0 Å². The molecule has 0 saturated carbocycles. The number of rotatable bonds is 3. The quantitative estimate of drug-likeness (QED) is 0.900. The summed E-state index contributed by atoms with van der Waals surface area (Å²) in [5.74, 6) is -1.39. The highest BCUT2D eigenvalue weighted by Gasteiger charge is 2.24. The molecule has 0 saturated heterocycles. The largest absolute Gasteiger partial charge is 0.478 e. The van der Waals surface area contributed by atoms with Crippen molar-refractivity contribution in [3.05, 3.63) is 28.3 Å². The van der Waals surface area contributed by atoms with Crippen molar-refractivity contribution >= 4 is 27.6 Å². The summed E-state index contributed by atoms with van der Waals surface area (Å²) >= 11 is 5.76. The minimum Gasteiger partial charge on any atom is -0.478 e. The van der Waals surface area contributed by atoms with Crippen LogP contribution in [0.25, 0.3) is 0 Å². The number of nitrogens with zero attached hydrogens (tertiary/aromatic N) is 2. The van der Waals surface area contributed by atoms with Gasteiger partial charge in [0.1, 0.15) is 11.0 Å². The van der Waals surface area contributed by atoms with Gasteiger partial charge in [0.25, 0.3) is 0 Å². The number of hydrogen-bond donors (Lipinski definition) is 1. The first-order valence-electron chi connectivity index (χ1n) is 4.61. The SMILES string of the molecule is CN(C)S(=O)(=O)c1cc(C(=O)O)c(C#N)cc1Cl. The van der Waals surface area contributed by atoms with Crippen molar-refractivity contribution in [2.24, 2.45) is 0 Å². The lowest BCUT2D eigenvalue weighted by atomic mass is 10.1. The van der Waals surface area contributed by atoms with E-state index in [1.807, 2.05) is 0 Å². The summed E-state index contributed by atoms with van der Waals surface area (Å²) in [6.07, 6.45) is 0. The van der Waals surface area contributed by atoms with Crippen LogP contribution in [0.15, 0.2) is 17.0 Å². The second-order valence-electron chi connectivity index (χ2n) is 3.53. The number of aromatic carboxylic acids is 1. The molecule has 0 radical (unpaired) electrons. The van der Waals surface area contributed by atoms with Crippen LogP contribution in [0.2, 0.25) is 5.02 Å². The van der Waals surface area contributed by atoms with E-state index in [4.69, 9.17) is 22.0 Å². The number of carboxylic acids is 1. The number of carboxylic acid groups (broad SMARTS) is 1. The van der Waals surface area contributed by atoms with Crippen LogP contribution in [0.1, 0.15) is 15.9 Å². The molecule has 0 spiro atoms. The minimum absolute atomic E-state index is 0.190. The number of hydrogen-bond acceptors (Lipinski definition) is 4. The van der Waals surface area contributed by atoms with Gasteiger partial charge in [-0.3, -0.25) is 0 Å². The summed E-state index contributed by atoms with van der Waals surface area (Å²) in [5.41, 5.74) is -0.590. The van der Waals surface area contributed by atoms with Crippen LogP contribution in [0.5, 0.6) is 0 Å². The molecule has 0 aromatic heterocycles. The zero-order valence-electron chi connectivity index (χ0n) is 9.51. The van der Waals surface area contributed by atoms with Crippen molar-refractivity contribution in [1.29, 1.82) is 5.26 Å². The van der Waals surface area contributed by atoms with Crippen LogP contribution in [-0.4, -0.2) is 37.9 Å². The molecule has 0 unspecified atom stereocenters. The monoisotopic (exact) mass is 288 g/mol. The summed E-state index contributed by atoms with van der Waals surface area (Å²) in [6.45, 7) is 0. The van der Waals surface area contributed by atoms with E-state index in [9.17, 15) is 13.2 Å². The Morgan fingerprint density at radius 1 is 1.44 bits per heavy atom. The van der Waals surface area contributed by atoms with Crippen LogP contribution in [0.3, 0.4) is 0 Å². The minimum atomic E-state index is -3.86. The van der Waals surface area contributed by atoms with Gasteiger partial charge in [-0.2, -0.15) is 5.26 Å². The molecule has 0 aliphatic carbocycles. The molecule has 0 aliphatic rings. The molecule has 0 atom stereocenters. The predicted molar refractivity (Wildman–Crippen MR) is 64.0 cm³/mol. The van der Waals surface area contributed by atoms with E-state index in [1.54, 1.807) is 6.07 Å². The fourth-order valence-electron chi connectivity index (χ4n) is 1.22. The van der Waals surface area contributed by atoms with Crippen molar-refractivity contribution in [1.82, 2.24) is 4.31 Å². The van der Waals surface area contributed by atoms with Gasteiger partial charge < -0.3 is 5.11 Å². The van der Waals surface area contributed by atoms with Crippen LogP contribution < -0.4 is 0 Å². The standard InChI is InChI=1S/C10H9ClN2O4S/c1-13(2)18(16,17)9-4-7(10(14)15)6(5-12)3-8(9)11/h3-4H,1-2H3,(H,14,15). The molecule has 1 aromatic rings. The average molecular weight is 289 g/mol. The Labute approximate surface area is 109 Å². The van der Waals surface area contributed by atoms with Gasteiger partial charge in [-0.1, -0.05) is 11.6 Å². The molecule has 96 valence electrons. The molecule has 6 nitrogen and oxygen atoms in total. The average Bonchev–Trinajstić information content (AvgIpc) is 2.27. The van der Waals surface area contributed by atoms with Crippen molar-refractivity contribution in [3.8, 4) is 6.07 Å². The predicted octanol–water partition coefficient (Wildman–Crippen LogP) is 1.16. The van der Waals surface area contributed by atoms with Gasteiger partial charge in [-0.25, -0.2) is 17.5 Å². The molecular weight excluding hydrogens is 280 g/mol. The fourth-order valence-corrected chi connectivity index (χ4v) is 2.64. The third-order valence-electron chi connectivity index (χ3n) is 2.18. The maximum absolute atomic E-state index is 11.9. The Morgan fingerprint density at radius 2 is 2.00 bits per heavy atom. The highest BCUT2D eigenvalue weighted by molar-refractivity contribution is 7.89. The van der Waals surface area contributed by atoms with E-state index in [-0.39, 0.29) is 15.5 Å².